The molecule has 2 fully saturated rings. The average molecular weight is 352 g/mol. The first-order chi connectivity index (χ1) is 12.0. The number of nitrogens with zero attached hydrogens (tertiary/aromatic N) is 2. The minimum atomic E-state index is -0.0476. The Morgan fingerprint density at radius 2 is 1.84 bits per heavy atom. The Morgan fingerprint density at radius 1 is 1.20 bits per heavy atom. The number of unbranched alkanes of at least 4 members (excludes halogenated alkanes) is 6. The summed E-state index contributed by atoms with van der Waals surface area (Å²) >= 11 is 0. The highest BCUT2D eigenvalue weighted by Crippen LogP contribution is 2.37. The van der Waals surface area contributed by atoms with Gasteiger partial charge in [0, 0.05) is 25.9 Å². The van der Waals surface area contributed by atoms with Crippen molar-refractivity contribution in [1.82, 2.24) is 10.3 Å². The number of nitrogens with one attached hydrogen (secondary N) is 1. The number of hydrogen-bond acceptors (Lipinski definition) is 4. The number of hydrogen-bond donors (Lipinski definition) is 1. The summed E-state index contributed by atoms with van der Waals surface area (Å²) in [6.45, 7) is 6.43. The minimum Gasteiger partial charge on any atom is -0.366 e. The third-order valence-electron chi connectivity index (χ3n) is 5.63. The fourth-order valence-electron chi connectivity index (χ4n) is 3.84. The Kier molecular flexibility index (Phi) is 8.37. The first-order valence-corrected chi connectivity index (χ1v) is 10.3. The van der Waals surface area contributed by atoms with Crippen molar-refractivity contribution >= 4 is 11.6 Å². The van der Waals surface area contributed by atoms with Crippen LogP contribution in [0.3, 0.4) is 0 Å². The average Bonchev–Trinajstić information content (AvgIpc) is 2.91. The highest BCUT2D eigenvalue weighted by molar-refractivity contribution is 5.92. The molecule has 0 aromatic carbocycles. The maximum atomic E-state index is 12.0. The summed E-state index contributed by atoms with van der Waals surface area (Å²) in [5, 5.41) is 4.39. The summed E-state index contributed by atoms with van der Waals surface area (Å²) in [6, 6.07) is 0. The molecule has 0 saturated carbocycles. The van der Waals surface area contributed by atoms with E-state index in [0.717, 1.165) is 50.9 Å². The van der Waals surface area contributed by atoms with E-state index in [-0.39, 0.29) is 17.6 Å². The maximum Gasteiger partial charge on any atom is 0.240 e. The second-order valence-corrected chi connectivity index (χ2v) is 7.93. The van der Waals surface area contributed by atoms with Crippen LogP contribution in [0.1, 0.15) is 84.5 Å². The van der Waals surface area contributed by atoms with Crippen molar-refractivity contribution in [1.29, 1.82) is 0 Å². The van der Waals surface area contributed by atoms with Crippen molar-refractivity contribution in [3.05, 3.63) is 0 Å². The molecule has 1 N–H and O–H groups in total. The van der Waals surface area contributed by atoms with Crippen molar-refractivity contribution in [3.8, 4) is 0 Å². The van der Waals surface area contributed by atoms with Crippen LogP contribution in [0.25, 0.3) is 0 Å². The second kappa shape index (κ2) is 10.3. The predicted octanol–water partition coefficient (Wildman–Crippen LogP) is 3.87. The standard InChI is InChI=1S/C20H37N3O2/c1-4-5-6-7-8-9-10-11-19(24)22-21-18-16-20(25-17(18)2)12-14-23(3)15-13-20/h17H,4-16H2,1-3H3,(H,22,24)/b21-18+. The molecule has 0 aliphatic carbocycles. The van der Waals surface area contributed by atoms with E-state index in [4.69, 9.17) is 4.74 Å². The molecule has 2 heterocycles. The summed E-state index contributed by atoms with van der Waals surface area (Å²) in [5.74, 6) is 0.0394. The lowest BCUT2D eigenvalue weighted by Gasteiger charge is -2.36. The number of amides is 1. The van der Waals surface area contributed by atoms with Gasteiger partial charge in [0.2, 0.25) is 5.91 Å². The fraction of sp³-hybridized carbons (Fsp3) is 0.900. The lowest BCUT2D eigenvalue weighted by molar-refractivity contribution is -0.121. The van der Waals surface area contributed by atoms with E-state index in [2.05, 4.69) is 29.4 Å². The predicted molar refractivity (Wildman–Crippen MR) is 103 cm³/mol. The van der Waals surface area contributed by atoms with Crippen LogP contribution >= 0.6 is 0 Å². The number of likely N-dealkylation sites (tertiary alicyclic amines) is 1. The summed E-state index contributed by atoms with van der Waals surface area (Å²) in [6.07, 6.45) is 12.1. The van der Waals surface area contributed by atoms with Crippen LogP contribution in [0.2, 0.25) is 0 Å². The number of hydrazone groups is 1. The Hall–Kier alpha value is -0.940. The quantitative estimate of drug-likeness (QED) is 0.507. The van der Waals surface area contributed by atoms with Crippen LogP contribution in [0, 0.1) is 0 Å². The van der Waals surface area contributed by atoms with Crippen LogP contribution in [0.4, 0.5) is 0 Å². The highest BCUT2D eigenvalue weighted by atomic mass is 16.5. The van der Waals surface area contributed by atoms with E-state index in [1.54, 1.807) is 0 Å². The smallest absolute Gasteiger partial charge is 0.240 e. The summed E-state index contributed by atoms with van der Waals surface area (Å²) in [4.78, 5) is 14.3. The van der Waals surface area contributed by atoms with Gasteiger partial charge in [-0.3, -0.25) is 4.79 Å². The first-order valence-electron chi connectivity index (χ1n) is 10.3. The molecule has 1 unspecified atom stereocenters. The number of ether oxygens (including phenoxy) is 1. The van der Waals surface area contributed by atoms with Crippen LogP contribution in [-0.2, 0) is 9.53 Å². The Morgan fingerprint density at radius 3 is 2.52 bits per heavy atom. The monoisotopic (exact) mass is 351 g/mol. The molecule has 1 spiro atoms. The van der Waals surface area contributed by atoms with Gasteiger partial charge in [-0.2, -0.15) is 5.10 Å². The van der Waals surface area contributed by atoms with Gasteiger partial charge in [-0.05, 0) is 33.2 Å². The summed E-state index contributed by atoms with van der Waals surface area (Å²) < 4.78 is 6.22. The van der Waals surface area contributed by atoms with E-state index in [0.29, 0.717) is 6.42 Å². The zero-order valence-electron chi connectivity index (χ0n) is 16.5. The van der Waals surface area contributed by atoms with E-state index in [9.17, 15) is 4.79 Å². The molecule has 0 bridgehead atoms. The molecular weight excluding hydrogens is 314 g/mol. The van der Waals surface area contributed by atoms with Gasteiger partial charge in [0.15, 0.2) is 0 Å². The van der Waals surface area contributed by atoms with Crippen molar-refractivity contribution in [3.63, 3.8) is 0 Å². The molecule has 25 heavy (non-hydrogen) atoms. The second-order valence-electron chi connectivity index (χ2n) is 7.93. The van der Waals surface area contributed by atoms with Gasteiger partial charge in [0.25, 0.3) is 0 Å². The van der Waals surface area contributed by atoms with Gasteiger partial charge in [-0.25, -0.2) is 5.43 Å². The lowest BCUT2D eigenvalue weighted by Crippen LogP contribution is -2.42. The normalized spacial score (nSPS) is 24.9. The van der Waals surface area contributed by atoms with E-state index in [1.165, 1.54) is 32.1 Å². The molecular formula is C20H37N3O2. The van der Waals surface area contributed by atoms with E-state index >= 15 is 0 Å². The molecule has 5 nitrogen and oxygen atoms in total. The van der Waals surface area contributed by atoms with Crippen molar-refractivity contribution < 1.29 is 9.53 Å². The molecule has 5 heteroatoms. The zero-order chi connectivity index (χ0) is 18.1. The van der Waals surface area contributed by atoms with Crippen molar-refractivity contribution in [2.75, 3.05) is 20.1 Å². The molecule has 1 atom stereocenters. The van der Waals surface area contributed by atoms with Gasteiger partial charge >= 0.3 is 0 Å². The molecule has 0 aromatic heterocycles. The number of carbonyl (C=O) groups is 1. The lowest BCUT2D eigenvalue weighted by atomic mass is 9.88. The highest BCUT2D eigenvalue weighted by Gasteiger charge is 2.44. The zero-order valence-corrected chi connectivity index (χ0v) is 16.5. The summed E-state index contributed by atoms with van der Waals surface area (Å²) in [7, 11) is 2.16. The molecule has 2 rings (SSSR count). The minimum absolute atomic E-state index is 0.0160. The number of carbonyl (C=O) groups excluding carboxylic acids is 1. The van der Waals surface area contributed by atoms with Gasteiger partial charge in [-0.1, -0.05) is 45.4 Å². The topological polar surface area (TPSA) is 53.9 Å². The Bertz CT molecular complexity index is 442. The first kappa shape index (κ1) is 20.4. The van der Waals surface area contributed by atoms with Crippen LogP contribution < -0.4 is 5.43 Å². The maximum absolute atomic E-state index is 12.0. The molecule has 144 valence electrons. The fourth-order valence-corrected chi connectivity index (χ4v) is 3.84. The van der Waals surface area contributed by atoms with E-state index in [1.807, 2.05) is 6.92 Å². The van der Waals surface area contributed by atoms with E-state index < -0.39 is 0 Å². The molecule has 1 amide bonds. The molecule has 2 saturated heterocycles. The van der Waals surface area contributed by atoms with Crippen LogP contribution in [-0.4, -0.2) is 48.4 Å². The van der Waals surface area contributed by atoms with Gasteiger partial charge < -0.3 is 9.64 Å². The number of rotatable bonds is 9. The third-order valence-corrected chi connectivity index (χ3v) is 5.63. The largest absolute Gasteiger partial charge is 0.366 e. The Balaban J connectivity index is 1.64. The van der Waals surface area contributed by atoms with Gasteiger partial charge in [-0.15, -0.1) is 0 Å². The van der Waals surface area contributed by atoms with Crippen molar-refractivity contribution in [2.45, 2.75) is 96.2 Å². The SMILES string of the molecule is CCCCCCCCCC(=O)N/N=C1\CC2(CCN(C)CC2)OC1C. The Labute approximate surface area is 153 Å². The van der Waals surface area contributed by atoms with Gasteiger partial charge in [0.05, 0.1) is 17.4 Å². The van der Waals surface area contributed by atoms with Crippen molar-refractivity contribution in [2.24, 2.45) is 5.10 Å². The number of piperidine rings is 1. The van der Waals surface area contributed by atoms with Crippen LogP contribution in [0.5, 0.6) is 0 Å². The molecule has 2 aliphatic rings. The van der Waals surface area contributed by atoms with Gasteiger partial charge in [0.1, 0.15) is 0 Å². The summed E-state index contributed by atoms with van der Waals surface area (Å²) in [5.41, 5.74) is 3.71. The third kappa shape index (κ3) is 6.70. The molecule has 2 aliphatic heterocycles. The molecule has 0 aromatic rings. The molecule has 0 radical (unpaired) electrons. The van der Waals surface area contributed by atoms with Crippen LogP contribution in [0.15, 0.2) is 5.10 Å².